The molecule has 2 aliphatic heterocycles. The fourth-order valence-corrected chi connectivity index (χ4v) is 3.68. The number of hydrogen-bond donors (Lipinski definition) is 2. The average Bonchev–Trinajstić information content (AvgIpc) is 2.35. The lowest BCUT2D eigenvalue weighted by Gasteiger charge is -2.52. The third-order valence-electron chi connectivity index (χ3n) is 4.49. The molecule has 3 N–H and O–H groups in total. The molecule has 4 nitrogen and oxygen atoms in total. The molecular weight excluding hydrogens is 204 g/mol. The summed E-state index contributed by atoms with van der Waals surface area (Å²) in [5.74, 6) is 0. The summed E-state index contributed by atoms with van der Waals surface area (Å²) in [4.78, 5) is 13.2. The number of nitrogens with two attached hydrogens (primary N) is 1. The molecule has 0 aromatic heterocycles. The highest BCUT2D eigenvalue weighted by Crippen LogP contribution is 2.52. The van der Waals surface area contributed by atoms with Crippen molar-refractivity contribution in [2.24, 2.45) is 11.1 Å². The Kier molecular flexibility index (Phi) is 2.46. The molecule has 0 aromatic rings. The van der Waals surface area contributed by atoms with Gasteiger partial charge < -0.3 is 10.8 Å². The van der Waals surface area contributed by atoms with Crippen LogP contribution in [-0.4, -0.2) is 33.7 Å². The summed E-state index contributed by atoms with van der Waals surface area (Å²) in [6, 6.07) is 0.294. The average molecular weight is 226 g/mol. The van der Waals surface area contributed by atoms with Crippen molar-refractivity contribution in [2.75, 3.05) is 0 Å². The Morgan fingerprint density at radius 3 is 2.62 bits per heavy atom. The van der Waals surface area contributed by atoms with Crippen LogP contribution in [0.3, 0.4) is 0 Å². The lowest BCUT2D eigenvalue weighted by Crippen LogP contribution is -2.63. The van der Waals surface area contributed by atoms with Crippen molar-refractivity contribution >= 4 is 6.09 Å². The number of fused-ring (bicyclic) bond motifs is 2. The van der Waals surface area contributed by atoms with E-state index in [0.717, 1.165) is 25.7 Å². The maximum Gasteiger partial charge on any atom is 0.408 e. The first-order valence-electron chi connectivity index (χ1n) is 6.06. The minimum atomic E-state index is -0.774. The van der Waals surface area contributed by atoms with Crippen LogP contribution < -0.4 is 5.73 Å². The Bertz CT molecular complexity index is 311. The van der Waals surface area contributed by atoms with Crippen molar-refractivity contribution in [2.45, 2.75) is 64.1 Å². The lowest BCUT2D eigenvalue weighted by atomic mass is 9.67. The van der Waals surface area contributed by atoms with Gasteiger partial charge in [0.1, 0.15) is 0 Å². The van der Waals surface area contributed by atoms with Crippen LogP contribution in [0.5, 0.6) is 0 Å². The summed E-state index contributed by atoms with van der Waals surface area (Å²) in [7, 11) is 0. The molecule has 2 aliphatic rings. The summed E-state index contributed by atoms with van der Waals surface area (Å²) in [5, 5.41) is 9.42. The Hall–Kier alpha value is -0.770. The van der Waals surface area contributed by atoms with Gasteiger partial charge in [-0.1, -0.05) is 20.8 Å². The summed E-state index contributed by atoms with van der Waals surface area (Å²) in [5.41, 5.74) is 5.79. The number of amides is 1. The molecule has 0 aliphatic carbocycles. The van der Waals surface area contributed by atoms with Crippen molar-refractivity contribution in [1.82, 2.24) is 4.90 Å². The third-order valence-corrected chi connectivity index (χ3v) is 4.49. The second-order valence-electron chi connectivity index (χ2n) is 6.33. The van der Waals surface area contributed by atoms with E-state index in [9.17, 15) is 9.90 Å². The maximum atomic E-state index is 11.5. The molecule has 16 heavy (non-hydrogen) atoms. The Balaban J connectivity index is 2.42. The van der Waals surface area contributed by atoms with E-state index in [4.69, 9.17) is 5.73 Å². The predicted octanol–water partition coefficient (Wildman–Crippen LogP) is 2.03. The summed E-state index contributed by atoms with van der Waals surface area (Å²) in [6.45, 7) is 6.38. The Morgan fingerprint density at radius 1 is 1.50 bits per heavy atom. The topological polar surface area (TPSA) is 66.6 Å². The monoisotopic (exact) mass is 226 g/mol. The molecule has 0 saturated carbocycles. The maximum absolute atomic E-state index is 11.5. The van der Waals surface area contributed by atoms with Crippen LogP contribution in [0.25, 0.3) is 0 Å². The van der Waals surface area contributed by atoms with Crippen LogP contribution >= 0.6 is 0 Å². The molecule has 2 saturated heterocycles. The van der Waals surface area contributed by atoms with Gasteiger partial charge in [0, 0.05) is 12.1 Å². The summed E-state index contributed by atoms with van der Waals surface area (Å²) >= 11 is 0. The molecule has 2 rings (SSSR count). The second-order valence-corrected chi connectivity index (χ2v) is 6.33. The van der Waals surface area contributed by atoms with E-state index in [2.05, 4.69) is 20.8 Å². The van der Waals surface area contributed by atoms with Gasteiger partial charge in [-0.25, -0.2) is 4.79 Å². The summed E-state index contributed by atoms with van der Waals surface area (Å²) < 4.78 is 0. The predicted molar refractivity (Wildman–Crippen MR) is 62.3 cm³/mol. The van der Waals surface area contributed by atoms with Crippen molar-refractivity contribution in [3.63, 3.8) is 0 Å². The van der Waals surface area contributed by atoms with E-state index >= 15 is 0 Å². The molecule has 0 radical (unpaired) electrons. The summed E-state index contributed by atoms with van der Waals surface area (Å²) in [6.07, 6.45) is 2.78. The van der Waals surface area contributed by atoms with Crippen molar-refractivity contribution in [3.8, 4) is 0 Å². The van der Waals surface area contributed by atoms with Crippen LogP contribution in [-0.2, 0) is 0 Å². The van der Waals surface area contributed by atoms with Crippen LogP contribution in [0.15, 0.2) is 0 Å². The highest BCUT2D eigenvalue weighted by molar-refractivity contribution is 5.68. The van der Waals surface area contributed by atoms with Crippen LogP contribution in [0.1, 0.15) is 46.5 Å². The number of carbonyl (C=O) groups is 1. The zero-order valence-corrected chi connectivity index (χ0v) is 10.4. The lowest BCUT2D eigenvalue weighted by molar-refractivity contribution is -0.0197. The van der Waals surface area contributed by atoms with Gasteiger partial charge in [0.15, 0.2) is 0 Å². The smallest absolute Gasteiger partial charge is 0.408 e. The van der Waals surface area contributed by atoms with E-state index < -0.39 is 6.09 Å². The van der Waals surface area contributed by atoms with E-state index in [-0.39, 0.29) is 23.0 Å². The molecule has 3 unspecified atom stereocenters. The zero-order valence-electron chi connectivity index (χ0n) is 10.4. The van der Waals surface area contributed by atoms with Gasteiger partial charge in [-0.15, -0.1) is 0 Å². The molecule has 1 amide bonds. The SMILES string of the molecule is CC(C)(C)C12CCC(CC(N)C1)N2C(=O)O. The first-order chi connectivity index (χ1) is 7.28. The van der Waals surface area contributed by atoms with Crippen LogP contribution in [0, 0.1) is 5.41 Å². The quantitative estimate of drug-likeness (QED) is 0.664. The normalized spacial score (nSPS) is 38.9. The minimum absolute atomic E-state index is 0.0435. The second kappa shape index (κ2) is 3.36. The molecule has 0 aromatic carbocycles. The van der Waals surface area contributed by atoms with Gasteiger partial charge in [0.2, 0.25) is 0 Å². The van der Waals surface area contributed by atoms with Crippen molar-refractivity contribution in [3.05, 3.63) is 0 Å². The van der Waals surface area contributed by atoms with Crippen molar-refractivity contribution < 1.29 is 9.90 Å². The Labute approximate surface area is 96.8 Å². The van der Waals surface area contributed by atoms with Crippen molar-refractivity contribution in [1.29, 1.82) is 0 Å². The van der Waals surface area contributed by atoms with Gasteiger partial charge in [-0.3, -0.25) is 4.90 Å². The van der Waals surface area contributed by atoms with Gasteiger partial charge in [-0.2, -0.15) is 0 Å². The fraction of sp³-hybridized carbons (Fsp3) is 0.917. The molecule has 2 bridgehead atoms. The van der Waals surface area contributed by atoms with Gasteiger partial charge >= 0.3 is 6.09 Å². The highest BCUT2D eigenvalue weighted by Gasteiger charge is 2.58. The minimum Gasteiger partial charge on any atom is -0.465 e. The molecule has 92 valence electrons. The number of rotatable bonds is 0. The number of carboxylic acid groups (broad SMARTS) is 1. The van der Waals surface area contributed by atoms with E-state index in [0.29, 0.717) is 0 Å². The van der Waals surface area contributed by atoms with E-state index in [1.807, 2.05) is 0 Å². The van der Waals surface area contributed by atoms with Crippen LogP contribution in [0.2, 0.25) is 0 Å². The number of nitrogens with zero attached hydrogens (tertiary/aromatic N) is 1. The van der Waals surface area contributed by atoms with Gasteiger partial charge in [0.05, 0.1) is 5.54 Å². The van der Waals surface area contributed by atoms with Crippen LogP contribution in [0.4, 0.5) is 4.79 Å². The largest absolute Gasteiger partial charge is 0.465 e. The molecule has 2 heterocycles. The first kappa shape index (κ1) is 11.7. The zero-order chi connectivity index (χ0) is 12.1. The molecule has 4 heteroatoms. The van der Waals surface area contributed by atoms with Gasteiger partial charge in [0.25, 0.3) is 0 Å². The fourth-order valence-electron chi connectivity index (χ4n) is 3.68. The third kappa shape index (κ3) is 1.43. The highest BCUT2D eigenvalue weighted by atomic mass is 16.4. The Morgan fingerprint density at radius 2 is 2.12 bits per heavy atom. The van der Waals surface area contributed by atoms with E-state index in [1.54, 1.807) is 4.90 Å². The van der Waals surface area contributed by atoms with Gasteiger partial charge in [-0.05, 0) is 31.1 Å². The van der Waals surface area contributed by atoms with E-state index in [1.165, 1.54) is 0 Å². The molecule has 2 fully saturated rings. The standard InChI is InChI=1S/C12H22N2O2/c1-11(2,3)12-5-4-9(6-8(13)7-12)14(12)10(15)16/h8-9H,4-7,13H2,1-3H3,(H,15,16). The molecule has 0 spiro atoms. The molecule has 3 atom stereocenters. The molecular formula is C12H22N2O2. The number of hydrogen-bond acceptors (Lipinski definition) is 2. The first-order valence-corrected chi connectivity index (χ1v) is 6.06. The number of piperidine rings is 1.